The van der Waals surface area contributed by atoms with Crippen LogP contribution < -0.4 is 16.4 Å². The first kappa shape index (κ1) is 27.3. The van der Waals surface area contributed by atoms with Crippen molar-refractivity contribution >= 4 is 24.0 Å². The lowest BCUT2D eigenvalue weighted by Crippen LogP contribution is -2.51. The molecule has 1 aromatic rings. The zero-order valence-electron chi connectivity index (χ0n) is 22.5. The molecule has 1 saturated heterocycles. The number of anilines is 1. The molecule has 10 nitrogen and oxygen atoms in total. The highest BCUT2D eigenvalue weighted by molar-refractivity contribution is 5.88. The number of hydrogen-bond donors (Lipinski definition) is 3. The highest BCUT2D eigenvalue weighted by Gasteiger charge is 2.43. The number of primary amides is 1. The fourth-order valence-electron chi connectivity index (χ4n) is 5.45. The molecular weight excluding hydrogens is 472 g/mol. The normalized spacial score (nSPS) is 29.2. The van der Waals surface area contributed by atoms with E-state index in [9.17, 15) is 9.59 Å². The van der Waals surface area contributed by atoms with E-state index < -0.39 is 17.6 Å². The van der Waals surface area contributed by atoms with Gasteiger partial charge in [0.2, 0.25) is 5.91 Å². The van der Waals surface area contributed by atoms with E-state index in [2.05, 4.69) is 32.6 Å². The Hall–Kier alpha value is -2.72. The maximum Gasteiger partial charge on any atom is 0.320 e. The molecule has 3 amide bonds. The van der Waals surface area contributed by atoms with Crippen LogP contribution in [0.3, 0.4) is 0 Å². The van der Waals surface area contributed by atoms with Gasteiger partial charge in [-0.05, 0) is 57.1 Å². The molecule has 1 aromatic heterocycles. The van der Waals surface area contributed by atoms with E-state index in [0.29, 0.717) is 5.82 Å². The Bertz CT molecular complexity index is 983. The van der Waals surface area contributed by atoms with Crippen molar-refractivity contribution in [3.05, 3.63) is 24.0 Å². The molecule has 0 spiro atoms. The van der Waals surface area contributed by atoms with Crippen LogP contribution in [-0.4, -0.2) is 71.6 Å². The van der Waals surface area contributed by atoms with Gasteiger partial charge < -0.3 is 25.2 Å². The lowest BCUT2D eigenvalue weighted by Gasteiger charge is -2.44. The Morgan fingerprint density at radius 3 is 2.43 bits per heavy atom. The van der Waals surface area contributed by atoms with Crippen molar-refractivity contribution in [2.24, 2.45) is 16.6 Å². The van der Waals surface area contributed by atoms with Crippen LogP contribution in [0, 0.1) is 5.92 Å². The molecule has 3 aliphatic rings. The molecule has 2 unspecified atom stereocenters. The molecule has 4 rings (SSSR count). The van der Waals surface area contributed by atoms with Crippen molar-refractivity contribution < 1.29 is 18.8 Å². The lowest BCUT2D eigenvalue weighted by atomic mass is 9.74. The third kappa shape index (κ3) is 6.78. The fraction of sp³-hybridized carbons (Fsp3) is 0.704. The minimum Gasteiger partial charge on any atom is -0.368 e. The molecule has 37 heavy (non-hydrogen) atoms. The fourth-order valence-corrected chi connectivity index (χ4v) is 5.45. The van der Waals surface area contributed by atoms with E-state index in [4.69, 9.17) is 15.0 Å². The molecular formula is C27H42N6O4. The van der Waals surface area contributed by atoms with Crippen LogP contribution in [0.1, 0.15) is 72.0 Å². The summed E-state index contributed by atoms with van der Waals surface area (Å²) in [5.41, 5.74) is 4.65. The van der Waals surface area contributed by atoms with Crippen molar-refractivity contribution in [2.75, 3.05) is 25.0 Å². The van der Waals surface area contributed by atoms with Crippen molar-refractivity contribution in [3.8, 4) is 0 Å². The zero-order chi connectivity index (χ0) is 26.6. The molecule has 1 saturated carbocycles. The summed E-state index contributed by atoms with van der Waals surface area (Å²) >= 11 is 0. The number of likely N-dealkylation sites (tertiary alicyclic amines) is 1. The van der Waals surface area contributed by atoms with Gasteiger partial charge in [0.05, 0.1) is 6.10 Å². The van der Waals surface area contributed by atoms with E-state index in [0.717, 1.165) is 63.9 Å². The molecule has 2 aliphatic heterocycles. The average molecular weight is 515 g/mol. The van der Waals surface area contributed by atoms with Crippen LogP contribution in [0.25, 0.3) is 0 Å². The van der Waals surface area contributed by atoms with Gasteiger partial charge in [0.15, 0.2) is 5.82 Å². The smallest absolute Gasteiger partial charge is 0.320 e. The van der Waals surface area contributed by atoms with Crippen LogP contribution in [0.2, 0.25) is 0 Å². The average Bonchev–Trinajstić information content (AvgIpc) is 3.34. The highest BCUT2D eigenvalue weighted by atomic mass is 16.5. The first-order valence-corrected chi connectivity index (χ1v) is 13.6. The SMILES string of the molecule is CCN1CCC(OC2(C3CCC(NC(=O)Nc4cc(C(C)(C)C)on4)CC3)C=CC(C(N)=O)N=C2)CC1. The van der Waals surface area contributed by atoms with Crippen molar-refractivity contribution in [2.45, 2.75) is 95.4 Å². The Balaban J connectivity index is 1.34. The lowest BCUT2D eigenvalue weighted by molar-refractivity contribution is -0.118. The number of amides is 3. The summed E-state index contributed by atoms with van der Waals surface area (Å²) in [4.78, 5) is 31.2. The van der Waals surface area contributed by atoms with Gasteiger partial charge in [-0.2, -0.15) is 0 Å². The summed E-state index contributed by atoms with van der Waals surface area (Å²) in [6.45, 7) is 11.4. The van der Waals surface area contributed by atoms with Gasteiger partial charge in [-0.25, -0.2) is 4.79 Å². The second-order valence-electron chi connectivity index (χ2n) is 11.6. The van der Waals surface area contributed by atoms with Gasteiger partial charge >= 0.3 is 6.03 Å². The quantitative estimate of drug-likeness (QED) is 0.478. The monoisotopic (exact) mass is 514 g/mol. The number of nitrogens with zero attached hydrogens (tertiary/aromatic N) is 3. The zero-order valence-corrected chi connectivity index (χ0v) is 22.5. The first-order chi connectivity index (χ1) is 17.6. The van der Waals surface area contributed by atoms with Gasteiger partial charge in [0.25, 0.3) is 0 Å². The minimum absolute atomic E-state index is 0.0537. The summed E-state index contributed by atoms with van der Waals surface area (Å²) in [6.07, 6.45) is 11.1. The molecule has 2 atom stereocenters. The number of carbonyl (C=O) groups is 2. The van der Waals surface area contributed by atoms with Crippen molar-refractivity contribution in [1.29, 1.82) is 0 Å². The van der Waals surface area contributed by atoms with Gasteiger partial charge in [-0.1, -0.05) is 38.9 Å². The summed E-state index contributed by atoms with van der Waals surface area (Å²) in [5, 5.41) is 9.82. The number of dihydropyridines is 1. The molecule has 10 heteroatoms. The van der Waals surface area contributed by atoms with E-state index in [1.807, 2.05) is 33.1 Å². The van der Waals surface area contributed by atoms with E-state index in [1.54, 1.807) is 12.1 Å². The molecule has 0 aromatic carbocycles. The van der Waals surface area contributed by atoms with Gasteiger partial charge in [0.1, 0.15) is 17.4 Å². The molecule has 4 N–H and O–H groups in total. The van der Waals surface area contributed by atoms with Crippen molar-refractivity contribution in [3.63, 3.8) is 0 Å². The topological polar surface area (TPSA) is 135 Å². The second kappa shape index (κ2) is 11.3. The molecule has 204 valence electrons. The molecule has 0 radical (unpaired) electrons. The number of hydrogen-bond acceptors (Lipinski definition) is 7. The first-order valence-electron chi connectivity index (χ1n) is 13.6. The van der Waals surface area contributed by atoms with E-state index in [-0.39, 0.29) is 29.5 Å². The maximum atomic E-state index is 12.6. The van der Waals surface area contributed by atoms with Crippen LogP contribution in [0.4, 0.5) is 10.6 Å². The third-order valence-corrected chi connectivity index (χ3v) is 7.81. The number of nitrogens with one attached hydrogen (secondary N) is 2. The standard InChI is InChI=1S/C27H42N6O4/c1-5-33-14-11-20(12-15-33)36-27(13-10-21(24(28)34)29-17-27)18-6-8-19(9-7-18)30-25(35)31-23-16-22(37-32-23)26(2,3)4/h10,13,16-21H,5-9,11-12,14-15H2,1-4H3,(H2,28,34)(H2,30,31,32,35). The summed E-state index contributed by atoms with van der Waals surface area (Å²) in [6, 6.07) is 0.888. The number of urea groups is 1. The Kier molecular flexibility index (Phi) is 8.38. The Morgan fingerprint density at radius 2 is 1.89 bits per heavy atom. The summed E-state index contributed by atoms with van der Waals surface area (Å²) in [5.74, 6) is 0.870. The van der Waals surface area contributed by atoms with Gasteiger partial charge in [-0.3, -0.25) is 15.1 Å². The number of nitrogens with two attached hydrogens (primary N) is 1. The summed E-state index contributed by atoms with van der Waals surface area (Å²) in [7, 11) is 0. The predicted molar refractivity (Wildman–Crippen MR) is 143 cm³/mol. The number of piperidine rings is 1. The maximum absolute atomic E-state index is 12.6. The minimum atomic E-state index is -0.650. The molecule has 2 fully saturated rings. The number of carbonyl (C=O) groups excluding carboxylic acids is 2. The third-order valence-electron chi connectivity index (χ3n) is 7.81. The van der Waals surface area contributed by atoms with Crippen LogP contribution in [0.5, 0.6) is 0 Å². The van der Waals surface area contributed by atoms with Gasteiger partial charge in [0, 0.05) is 36.8 Å². The largest absolute Gasteiger partial charge is 0.368 e. The number of aromatic nitrogens is 1. The number of rotatable bonds is 7. The Morgan fingerprint density at radius 1 is 1.19 bits per heavy atom. The predicted octanol–water partition coefficient (Wildman–Crippen LogP) is 3.39. The van der Waals surface area contributed by atoms with Gasteiger partial charge in [-0.15, -0.1) is 0 Å². The number of aliphatic imine (C=N–C) groups is 1. The summed E-state index contributed by atoms with van der Waals surface area (Å²) < 4.78 is 12.1. The van der Waals surface area contributed by atoms with Crippen molar-refractivity contribution in [1.82, 2.24) is 15.4 Å². The van der Waals surface area contributed by atoms with E-state index in [1.165, 1.54) is 0 Å². The second-order valence-corrected chi connectivity index (χ2v) is 11.6. The van der Waals surface area contributed by atoms with Crippen LogP contribution in [0.15, 0.2) is 27.7 Å². The number of ether oxygens (including phenoxy) is 1. The molecule has 3 heterocycles. The molecule has 0 bridgehead atoms. The van der Waals surface area contributed by atoms with E-state index >= 15 is 0 Å². The highest BCUT2D eigenvalue weighted by Crippen LogP contribution is 2.39. The Labute approximate surface area is 219 Å². The molecule has 1 aliphatic carbocycles. The van der Waals surface area contributed by atoms with Crippen LogP contribution >= 0.6 is 0 Å². The van der Waals surface area contributed by atoms with Crippen LogP contribution in [-0.2, 0) is 14.9 Å².